The lowest BCUT2D eigenvalue weighted by molar-refractivity contribution is -0.0352. The molecular formula is C15H21N5O. The van der Waals surface area contributed by atoms with E-state index in [4.69, 9.17) is 4.74 Å². The van der Waals surface area contributed by atoms with Crippen molar-refractivity contribution in [2.75, 3.05) is 19.7 Å². The molecular weight excluding hydrogens is 266 g/mol. The second kappa shape index (κ2) is 5.91. The monoisotopic (exact) mass is 287 g/mol. The fraction of sp³-hybridized carbons (Fsp3) is 0.533. The van der Waals surface area contributed by atoms with Crippen LogP contribution in [0.4, 0.5) is 0 Å². The van der Waals surface area contributed by atoms with Gasteiger partial charge in [-0.15, -0.1) is 0 Å². The zero-order valence-corrected chi connectivity index (χ0v) is 12.8. The Hall–Kier alpha value is -1.79. The van der Waals surface area contributed by atoms with Crippen LogP contribution in [-0.4, -0.2) is 44.8 Å². The average molecular weight is 287 g/mol. The molecule has 112 valence electrons. The number of aromatic nitrogens is 4. The Morgan fingerprint density at radius 2 is 2.19 bits per heavy atom. The normalized spacial score (nSPS) is 19.9. The van der Waals surface area contributed by atoms with Crippen LogP contribution in [0.1, 0.15) is 34.6 Å². The van der Waals surface area contributed by atoms with Gasteiger partial charge in [0.25, 0.3) is 0 Å². The largest absolute Gasteiger partial charge is 0.369 e. The van der Waals surface area contributed by atoms with Crippen molar-refractivity contribution in [3.63, 3.8) is 0 Å². The van der Waals surface area contributed by atoms with Crippen LogP contribution in [0.5, 0.6) is 0 Å². The number of nitrogens with one attached hydrogen (secondary N) is 1. The van der Waals surface area contributed by atoms with Gasteiger partial charge in [-0.2, -0.15) is 5.10 Å². The standard InChI is InChI=1S/C15H21N5O/c1-10-6-14(18-12(3)17-10)15-9-20(4-5-21-15)8-13-7-16-19-11(13)2/h6-7,15H,4-5,8-9H2,1-3H3,(H,16,19)/t15-/m0/s1. The molecule has 1 atom stereocenters. The molecule has 0 saturated carbocycles. The van der Waals surface area contributed by atoms with Gasteiger partial charge in [0.1, 0.15) is 11.9 Å². The fourth-order valence-electron chi connectivity index (χ4n) is 2.71. The second-order valence-corrected chi connectivity index (χ2v) is 5.60. The van der Waals surface area contributed by atoms with Crippen LogP contribution in [0.2, 0.25) is 0 Å². The minimum Gasteiger partial charge on any atom is -0.369 e. The van der Waals surface area contributed by atoms with Gasteiger partial charge in [0.15, 0.2) is 0 Å². The van der Waals surface area contributed by atoms with E-state index < -0.39 is 0 Å². The summed E-state index contributed by atoms with van der Waals surface area (Å²) < 4.78 is 5.90. The van der Waals surface area contributed by atoms with E-state index in [-0.39, 0.29) is 6.10 Å². The minimum atomic E-state index is 0.0198. The molecule has 2 aromatic heterocycles. The van der Waals surface area contributed by atoms with Gasteiger partial charge in [-0.3, -0.25) is 10.00 Å². The van der Waals surface area contributed by atoms with Gasteiger partial charge in [-0.05, 0) is 26.8 Å². The molecule has 0 radical (unpaired) electrons. The highest BCUT2D eigenvalue weighted by atomic mass is 16.5. The molecule has 1 fully saturated rings. The molecule has 3 rings (SSSR count). The summed E-state index contributed by atoms with van der Waals surface area (Å²) in [6.45, 7) is 9.37. The van der Waals surface area contributed by atoms with Gasteiger partial charge in [0.2, 0.25) is 0 Å². The van der Waals surface area contributed by atoms with Gasteiger partial charge in [0.05, 0.1) is 18.5 Å². The lowest BCUT2D eigenvalue weighted by Gasteiger charge is -2.32. The highest BCUT2D eigenvalue weighted by molar-refractivity contribution is 5.16. The predicted molar refractivity (Wildman–Crippen MR) is 78.8 cm³/mol. The summed E-state index contributed by atoms with van der Waals surface area (Å²) in [6, 6.07) is 2.02. The fourth-order valence-corrected chi connectivity index (χ4v) is 2.71. The Bertz CT molecular complexity index is 604. The number of hydrogen-bond acceptors (Lipinski definition) is 5. The van der Waals surface area contributed by atoms with Crippen LogP contribution in [-0.2, 0) is 11.3 Å². The van der Waals surface area contributed by atoms with Crippen molar-refractivity contribution >= 4 is 0 Å². The van der Waals surface area contributed by atoms with Crippen molar-refractivity contribution in [3.8, 4) is 0 Å². The number of hydrogen-bond donors (Lipinski definition) is 1. The van der Waals surface area contributed by atoms with Crippen molar-refractivity contribution in [3.05, 3.63) is 40.7 Å². The van der Waals surface area contributed by atoms with Gasteiger partial charge in [0, 0.05) is 36.6 Å². The minimum absolute atomic E-state index is 0.0198. The summed E-state index contributed by atoms with van der Waals surface area (Å²) in [5.41, 5.74) is 4.34. The first-order valence-corrected chi connectivity index (χ1v) is 7.27. The number of H-pyrrole nitrogens is 1. The molecule has 0 bridgehead atoms. The Kier molecular flexibility index (Phi) is 3.98. The maximum absolute atomic E-state index is 5.90. The number of aryl methyl sites for hydroxylation is 3. The summed E-state index contributed by atoms with van der Waals surface area (Å²) in [7, 11) is 0. The SMILES string of the molecule is Cc1cc([C@@H]2CN(Cc3cn[nH]c3C)CCO2)nc(C)n1. The lowest BCUT2D eigenvalue weighted by Crippen LogP contribution is -2.38. The zero-order chi connectivity index (χ0) is 14.8. The van der Waals surface area contributed by atoms with Crippen LogP contribution < -0.4 is 0 Å². The lowest BCUT2D eigenvalue weighted by atomic mass is 10.1. The summed E-state index contributed by atoms with van der Waals surface area (Å²) in [5.74, 6) is 0.802. The van der Waals surface area contributed by atoms with E-state index in [1.807, 2.05) is 26.1 Å². The van der Waals surface area contributed by atoms with E-state index in [0.717, 1.165) is 49.1 Å². The molecule has 0 unspecified atom stereocenters. The molecule has 3 heterocycles. The van der Waals surface area contributed by atoms with Gasteiger partial charge >= 0.3 is 0 Å². The molecule has 21 heavy (non-hydrogen) atoms. The molecule has 6 heteroatoms. The van der Waals surface area contributed by atoms with E-state index in [2.05, 4.69) is 32.0 Å². The first-order chi connectivity index (χ1) is 10.1. The molecule has 1 aliphatic rings. The third-order valence-electron chi connectivity index (χ3n) is 3.79. The summed E-state index contributed by atoms with van der Waals surface area (Å²) >= 11 is 0. The Morgan fingerprint density at radius 3 is 2.90 bits per heavy atom. The Balaban J connectivity index is 1.72. The van der Waals surface area contributed by atoms with E-state index in [0.29, 0.717) is 0 Å². The van der Waals surface area contributed by atoms with Gasteiger partial charge in [-0.1, -0.05) is 0 Å². The van der Waals surface area contributed by atoms with Gasteiger partial charge in [-0.25, -0.2) is 9.97 Å². The summed E-state index contributed by atoms with van der Waals surface area (Å²) in [6.07, 6.45) is 1.92. The summed E-state index contributed by atoms with van der Waals surface area (Å²) in [4.78, 5) is 11.2. The number of morpholine rings is 1. The number of ether oxygens (including phenoxy) is 1. The van der Waals surface area contributed by atoms with Crippen molar-refractivity contribution in [1.82, 2.24) is 25.1 Å². The quantitative estimate of drug-likeness (QED) is 0.930. The molecule has 1 saturated heterocycles. The Morgan fingerprint density at radius 1 is 1.33 bits per heavy atom. The first kappa shape index (κ1) is 14.2. The van der Waals surface area contributed by atoms with Crippen molar-refractivity contribution in [2.24, 2.45) is 0 Å². The maximum atomic E-state index is 5.90. The molecule has 6 nitrogen and oxygen atoms in total. The molecule has 0 amide bonds. The average Bonchev–Trinajstić information content (AvgIpc) is 2.84. The zero-order valence-electron chi connectivity index (χ0n) is 12.8. The molecule has 0 spiro atoms. The maximum Gasteiger partial charge on any atom is 0.125 e. The van der Waals surface area contributed by atoms with E-state index in [9.17, 15) is 0 Å². The third kappa shape index (κ3) is 3.28. The Labute approximate surface area is 124 Å². The molecule has 0 aliphatic carbocycles. The van der Waals surface area contributed by atoms with Crippen LogP contribution in [0.3, 0.4) is 0 Å². The van der Waals surface area contributed by atoms with E-state index in [1.54, 1.807) is 0 Å². The smallest absolute Gasteiger partial charge is 0.125 e. The van der Waals surface area contributed by atoms with Crippen LogP contribution in [0, 0.1) is 20.8 Å². The van der Waals surface area contributed by atoms with Crippen molar-refractivity contribution in [1.29, 1.82) is 0 Å². The number of nitrogens with zero attached hydrogens (tertiary/aromatic N) is 4. The third-order valence-corrected chi connectivity index (χ3v) is 3.79. The second-order valence-electron chi connectivity index (χ2n) is 5.60. The molecule has 1 N–H and O–H groups in total. The van der Waals surface area contributed by atoms with Crippen molar-refractivity contribution in [2.45, 2.75) is 33.4 Å². The van der Waals surface area contributed by atoms with Crippen LogP contribution >= 0.6 is 0 Å². The van der Waals surface area contributed by atoms with Gasteiger partial charge < -0.3 is 4.74 Å². The van der Waals surface area contributed by atoms with E-state index >= 15 is 0 Å². The highest BCUT2D eigenvalue weighted by Crippen LogP contribution is 2.22. The first-order valence-electron chi connectivity index (χ1n) is 7.27. The summed E-state index contributed by atoms with van der Waals surface area (Å²) in [5, 5.41) is 7.07. The molecule has 1 aliphatic heterocycles. The molecule has 2 aromatic rings. The number of rotatable bonds is 3. The predicted octanol–water partition coefficient (Wildman–Crippen LogP) is 1.70. The van der Waals surface area contributed by atoms with E-state index in [1.165, 1.54) is 5.56 Å². The van der Waals surface area contributed by atoms with Crippen molar-refractivity contribution < 1.29 is 4.74 Å². The number of aromatic amines is 1. The van der Waals surface area contributed by atoms with Crippen LogP contribution in [0.15, 0.2) is 12.3 Å². The molecule has 0 aromatic carbocycles. The van der Waals surface area contributed by atoms with Crippen LogP contribution in [0.25, 0.3) is 0 Å². The topological polar surface area (TPSA) is 66.9 Å². The highest BCUT2D eigenvalue weighted by Gasteiger charge is 2.24.